The van der Waals surface area contributed by atoms with E-state index in [0.29, 0.717) is 23.5 Å². The molecule has 36 heavy (non-hydrogen) atoms. The van der Waals surface area contributed by atoms with E-state index in [-0.39, 0.29) is 5.91 Å². The zero-order valence-electron chi connectivity index (χ0n) is 20.5. The zero-order chi connectivity index (χ0) is 24.7. The summed E-state index contributed by atoms with van der Waals surface area (Å²) >= 11 is 2.00. The van der Waals surface area contributed by atoms with Crippen LogP contribution in [0, 0.1) is 0 Å². The smallest absolute Gasteiger partial charge is 0.258 e. The number of amides is 1. The van der Waals surface area contributed by atoms with Crippen LogP contribution in [0.15, 0.2) is 73.2 Å². The first-order valence-electron chi connectivity index (χ1n) is 12.6. The van der Waals surface area contributed by atoms with Gasteiger partial charge in [-0.05, 0) is 36.2 Å². The number of anilines is 1. The van der Waals surface area contributed by atoms with Gasteiger partial charge in [0.1, 0.15) is 0 Å². The molecule has 2 aromatic carbocycles. The zero-order valence-corrected chi connectivity index (χ0v) is 21.3. The van der Waals surface area contributed by atoms with Crippen molar-refractivity contribution in [3.05, 3.63) is 84.4 Å². The Kier molecular flexibility index (Phi) is 7.83. The van der Waals surface area contributed by atoms with E-state index in [2.05, 4.69) is 34.0 Å². The highest BCUT2D eigenvalue weighted by atomic mass is 32.2. The molecule has 1 amide bonds. The van der Waals surface area contributed by atoms with E-state index >= 15 is 0 Å². The number of carbonyl (C=O) groups is 1. The summed E-state index contributed by atoms with van der Waals surface area (Å²) in [6.07, 6.45) is 9.04. The molecule has 7 nitrogen and oxygen atoms in total. The molecular formula is C28H32N6OS. The van der Waals surface area contributed by atoms with E-state index in [1.165, 1.54) is 0 Å². The highest BCUT2D eigenvalue weighted by Gasteiger charge is 2.28. The average molecular weight is 501 g/mol. The number of nitrogens with one attached hydrogen (secondary N) is 3. The van der Waals surface area contributed by atoms with Crippen LogP contribution in [0.2, 0.25) is 0 Å². The second-order valence-electron chi connectivity index (χ2n) is 9.10. The number of unbranched alkanes of at least 4 members (excludes halogenated alkanes) is 1. The first-order valence-corrected chi connectivity index (χ1v) is 13.7. The largest absolute Gasteiger partial charge is 0.312 e. The monoisotopic (exact) mass is 500 g/mol. The lowest BCUT2D eigenvalue weighted by molar-refractivity contribution is 0.102. The maximum atomic E-state index is 13.4. The van der Waals surface area contributed by atoms with E-state index < -0.39 is 0 Å². The van der Waals surface area contributed by atoms with Gasteiger partial charge in [0.2, 0.25) is 5.95 Å². The predicted molar refractivity (Wildman–Crippen MR) is 147 cm³/mol. The summed E-state index contributed by atoms with van der Waals surface area (Å²) in [5, 5.41) is 13.7. The Labute approximate surface area is 216 Å². The fourth-order valence-electron chi connectivity index (χ4n) is 4.70. The molecule has 1 aliphatic rings. The van der Waals surface area contributed by atoms with Crippen LogP contribution in [-0.2, 0) is 0 Å². The molecule has 8 heteroatoms. The van der Waals surface area contributed by atoms with Crippen molar-refractivity contribution in [2.45, 2.75) is 38.1 Å². The van der Waals surface area contributed by atoms with Crippen molar-refractivity contribution < 1.29 is 4.79 Å². The molecule has 3 N–H and O–H groups in total. The van der Waals surface area contributed by atoms with Crippen LogP contribution in [0.5, 0.6) is 0 Å². The average Bonchev–Trinajstić information content (AvgIpc) is 3.61. The van der Waals surface area contributed by atoms with E-state index in [9.17, 15) is 4.79 Å². The first-order chi connectivity index (χ1) is 17.7. The molecule has 0 bridgehead atoms. The third-order valence-electron chi connectivity index (χ3n) is 6.63. The molecule has 4 aromatic rings. The second kappa shape index (κ2) is 11.6. The lowest BCUT2D eigenvalue weighted by Gasteiger charge is -2.30. The Morgan fingerprint density at radius 3 is 2.83 bits per heavy atom. The lowest BCUT2D eigenvalue weighted by Crippen LogP contribution is -2.42. The topological polar surface area (TPSA) is 87.6 Å². The minimum atomic E-state index is -0.189. The molecule has 3 heterocycles. The lowest BCUT2D eigenvalue weighted by atomic mass is 9.92. The number of thioether (sulfide) groups is 1. The molecular weight excluding hydrogens is 468 g/mol. The van der Waals surface area contributed by atoms with Gasteiger partial charge < -0.3 is 5.32 Å². The Morgan fingerprint density at radius 1 is 1.19 bits per heavy atom. The van der Waals surface area contributed by atoms with Crippen molar-refractivity contribution >= 4 is 23.6 Å². The van der Waals surface area contributed by atoms with Gasteiger partial charge in [-0.25, -0.2) is 4.98 Å². The molecule has 0 aliphatic carbocycles. The van der Waals surface area contributed by atoms with Crippen molar-refractivity contribution in [1.82, 2.24) is 25.1 Å². The van der Waals surface area contributed by atoms with Crippen molar-refractivity contribution in [3.63, 3.8) is 0 Å². The van der Waals surface area contributed by atoms with Gasteiger partial charge in [-0.1, -0.05) is 50.1 Å². The summed E-state index contributed by atoms with van der Waals surface area (Å²) in [7, 11) is 0. The fraction of sp³-hybridized carbons (Fsp3) is 0.321. The van der Waals surface area contributed by atoms with Crippen molar-refractivity contribution in [1.29, 1.82) is 0 Å². The Balaban J connectivity index is 1.47. The maximum absolute atomic E-state index is 13.4. The number of H-pyrrole nitrogens is 1. The van der Waals surface area contributed by atoms with Crippen molar-refractivity contribution in [3.8, 4) is 16.8 Å². The Morgan fingerprint density at radius 2 is 2.08 bits per heavy atom. The van der Waals surface area contributed by atoms with Crippen LogP contribution >= 0.6 is 11.8 Å². The molecule has 1 fully saturated rings. The van der Waals surface area contributed by atoms with E-state index in [4.69, 9.17) is 4.98 Å². The number of hydrogen-bond donors (Lipinski definition) is 3. The van der Waals surface area contributed by atoms with Gasteiger partial charge in [0.25, 0.3) is 5.91 Å². The van der Waals surface area contributed by atoms with Gasteiger partial charge in [0.15, 0.2) is 0 Å². The fourth-order valence-corrected chi connectivity index (χ4v) is 5.73. The van der Waals surface area contributed by atoms with Crippen LogP contribution in [0.4, 0.5) is 5.95 Å². The summed E-state index contributed by atoms with van der Waals surface area (Å²) in [4.78, 5) is 18.4. The molecule has 5 rings (SSSR count). The standard InChI is InChI=1S/C28H32N6OS/c1-2-3-12-24(26-19-36-14-13-29-26)25-18-34(23-10-5-4-6-11-23)28(32-25)33-27(35)21-9-7-8-20(15-21)22-16-30-31-17-22/h4-11,15-18,24,26,29H,2-3,12-14,19H2,1H3,(H,30,31)(H,32,33,35). The number of imidazole rings is 1. The summed E-state index contributed by atoms with van der Waals surface area (Å²) in [6, 6.07) is 18.0. The first kappa shape index (κ1) is 24.3. The van der Waals surface area contributed by atoms with Crippen LogP contribution < -0.4 is 10.6 Å². The second-order valence-corrected chi connectivity index (χ2v) is 10.3. The number of nitrogens with zero attached hydrogens (tertiary/aromatic N) is 3. The quantitative estimate of drug-likeness (QED) is 0.283. The minimum absolute atomic E-state index is 0.189. The van der Waals surface area contributed by atoms with Crippen LogP contribution in [0.25, 0.3) is 16.8 Å². The highest BCUT2D eigenvalue weighted by molar-refractivity contribution is 7.99. The summed E-state index contributed by atoms with van der Waals surface area (Å²) < 4.78 is 2.00. The van der Waals surface area contributed by atoms with Crippen LogP contribution in [0.1, 0.15) is 48.2 Å². The van der Waals surface area contributed by atoms with Gasteiger partial charge in [-0.2, -0.15) is 16.9 Å². The predicted octanol–water partition coefficient (Wildman–Crippen LogP) is 5.49. The van der Waals surface area contributed by atoms with Gasteiger partial charge >= 0.3 is 0 Å². The van der Waals surface area contributed by atoms with Gasteiger partial charge in [0, 0.05) is 59.2 Å². The van der Waals surface area contributed by atoms with Gasteiger partial charge in [-0.3, -0.25) is 19.8 Å². The number of carbonyl (C=O) groups excluding carboxylic acids is 1. The molecule has 2 unspecified atom stereocenters. The number of hydrogen-bond acceptors (Lipinski definition) is 5. The van der Waals surface area contributed by atoms with E-state index in [1.807, 2.05) is 77.1 Å². The van der Waals surface area contributed by atoms with Gasteiger partial charge in [0.05, 0.1) is 11.9 Å². The van der Waals surface area contributed by atoms with Crippen molar-refractivity contribution in [2.24, 2.45) is 0 Å². The summed E-state index contributed by atoms with van der Waals surface area (Å²) in [6.45, 7) is 3.25. The molecule has 186 valence electrons. The van der Waals surface area contributed by atoms with Gasteiger partial charge in [-0.15, -0.1) is 0 Å². The molecule has 1 aliphatic heterocycles. The number of aromatic nitrogens is 4. The molecule has 1 saturated heterocycles. The maximum Gasteiger partial charge on any atom is 0.258 e. The SMILES string of the molecule is CCCCC(c1cn(-c2ccccc2)c(NC(=O)c2cccc(-c3cn[nH]c3)c2)n1)C1CSCCN1. The van der Waals surface area contributed by atoms with Crippen LogP contribution in [-0.4, -0.2) is 49.7 Å². The van der Waals surface area contributed by atoms with E-state index in [0.717, 1.165) is 59.8 Å². The van der Waals surface area contributed by atoms with Crippen LogP contribution in [0.3, 0.4) is 0 Å². The number of para-hydroxylation sites is 1. The Bertz CT molecular complexity index is 1260. The molecule has 2 aromatic heterocycles. The number of benzene rings is 2. The highest BCUT2D eigenvalue weighted by Crippen LogP contribution is 2.31. The number of rotatable bonds is 9. The molecule has 0 saturated carbocycles. The van der Waals surface area contributed by atoms with E-state index in [1.54, 1.807) is 6.20 Å². The number of aromatic amines is 1. The summed E-state index contributed by atoms with van der Waals surface area (Å²) in [5.41, 5.74) is 4.44. The normalized spacial score (nSPS) is 16.5. The minimum Gasteiger partial charge on any atom is -0.312 e. The Hall–Kier alpha value is -3.36. The molecule has 0 spiro atoms. The van der Waals surface area contributed by atoms with Crippen molar-refractivity contribution in [2.75, 3.05) is 23.4 Å². The summed E-state index contributed by atoms with van der Waals surface area (Å²) in [5.74, 6) is 2.87. The third-order valence-corrected chi connectivity index (χ3v) is 7.71. The third kappa shape index (κ3) is 5.55. The molecule has 0 radical (unpaired) electrons. The molecule has 2 atom stereocenters.